The monoisotopic (exact) mass is 422 g/mol. The maximum atomic E-state index is 14.5. The molecule has 1 saturated heterocycles. The summed E-state index contributed by atoms with van der Waals surface area (Å²) >= 11 is 0. The number of nitrogens with zero attached hydrogens (tertiary/aromatic N) is 6. The molecule has 0 aromatic heterocycles. The van der Waals surface area contributed by atoms with Gasteiger partial charge in [0.2, 0.25) is 0 Å². The Morgan fingerprint density at radius 1 is 1.13 bits per heavy atom. The summed E-state index contributed by atoms with van der Waals surface area (Å²) in [5.74, 6) is 0.556. The molecule has 1 aromatic carbocycles. The standard InChI is InChI=1S/C24H31FN6/c1-26-7-4-8-28-9-10-29-18-20(17-27-2)22-16-21(22)19-5-6-23(25)24(15-19)31-13-11-30(3)12-14-31/h4-8,15,17-18,21-22H,1-2,9-14,16H2,3H3/b7-4-,20-17+,28-8-,29-18-. The minimum Gasteiger partial charge on any atom is -0.367 e. The highest BCUT2D eigenvalue weighted by Gasteiger charge is 2.41. The van der Waals surface area contributed by atoms with Gasteiger partial charge in [-0.3, -0.25) is 20.0 Å². The summed E-state index contributed by atoms with van der Waals surface area (Å²) in [6, 6.07) is 5.55. The van der Waals surface area contributed by atoms with Crippen LogP contribution in [0.25, 0.3) is 0 Å². The molecule has 31 heavy (non-hydrogen) atoms. The number of likely N-dealkylation sites (N-methyl/N-ethyl adjacent to an activating group) is 1. The molecule has 164 valence electrons. The SMILES string of the molecule is C=N/C=C\C=N/CC/N=C\C(=C/N=C)C1CC1c1ccc(F)c(N2CCN(C)CC2)c1. The Kier molecular flexibility index (Phi) is 8.41. The highest BCUT2D eigenvalue weighted by molar-refractivity contribution is 5.81. The minimum atomic E-state index is -0.144. The first-order valence-corrected chi connectivity index (χ1v) is 10.6. The highest BCUT2D eigenvalue weighted by atomic mass is 19.1. The zero-order valence-electron chi connectivity index (χ0n) is 18.2. The summed E-state index contributed by atoms with van der Waals surface area (Å²) in [6.45, 7) is 11.8. The van der Waals surface area contributed by atoms with Crippen LogP contribution in [0.1, 0.15) is 17.9 Å². The summed E-state index contributed by atoms with van der Waals surface area (Å²) in [7, 11) is 2.10. The van der Waals surface area contributed by atoms with Gasteiger partial charge in [0.15, 0.2) is 0 Å². The fraction of sp³-hybridized carbons (Fsp3) is 0.417. The van der Waals surface area contributed by atoms with E-state index in [0.29, 0.717) is 24.9 Å². The van der Waals surface area contributed by atoms with Gasteiger partial charge in [0.05, 0.1) is 18.8 Å². The Morgan fingerprint density at radius 3 is 2.65 bits per heavy atom. The Balaban J connectivity index is 1.60. The third-order valence-corrected chi connectivity index (χ3v) is 5.68. The molecule has 0 spiro atoms. The Hall–Kier alpha value is -2.93. The third kappa shape index (κ3) is 6.52. The van der Waals surface area contributed by atoms with Gasteiger partial charge in [0.1, 0.15) is 5.82 Å². The van der Waals surface area contributed by atoms with Crippen molar-refractivity contribution >= 4 is 31.6 Å². The summed E-state index contributed by atoms with van der Waals surface area (Å²) in [5, 5.41) is 0. The van der Waals surface area contributed by atoms with E-state index in [4.69, 9.17) is 0 Å². The number of aliphatic imine (C=N–C) groups is 4. The normalized spacial score (nSPS) is 22.6. The first-order valence-electron chi connectivity index (χ1n) is 10.6. The second kappa shape index (κ2) is 11.5. The molecular weight excluding hydrogens is 391 g/mol. The molecule has 6 nitrogen and oxygen atoms in total. The van der Waals surface area contributed by atoms with Crippen molar-refractivity contribution in [2.75, 3.05) is 51.2 Å². The molecule has 1 saturated carbocycles. The predicted molar refractivity (Wildman–Crippen MR) is 130 cm³/mol. The van der Waals surface area contributed by atoms with Gasteiger partial charge in [-0.05, 0) is 68.1 Å². The average Bonchev–Trinajstić information content (AvgIpc) is 3.57. The van der Waals surface area contributed by atoms with Gasteiger partial charge in [0.25, 0.3) is 0 Å². The van der Waals surface area contributed by atoms with Crippen LogP contribution in [0, 0.1) is 11.7 Å². The maximum absolute atomic E-state index is 14.5. The van der Waals surface area contributed by atoms with E-state index in [-0.39, 0.29) is 5.82 Å². The van der Waals surface area contributed by atoms with Gasteiger partial charge in [-0.15, -0.1) is 0 Å². The molecule has 2 unspecified atom stereocenters. The first kappa shape index (κ1) is 22.7. The lowest BCUT2D eigenvalue weighted by atomic mass is 10.0. The molecule has 1 aliphatic carbocycles. The van der Waals surface area contributed by atoms with Crippen molar-refractivity contribution in [2.24, 2.45) is 25.9 Å². The van der Waals surface area contributed by atoms with Crippen LogP contribution >= 0.6 is 0 Å². The van der Waals surface area contributed by atoms with Gasteiger partial charge in [-0.1, -0.05) is 6.07 Å². The van der Waals surface area contributed by atoms with Crippen LogP contribution in [0.4, 0.5) is 10.1 Å². The average molecular weight is 423 g/mol. The highest BCUT2D eigenvalue weighted by Crippen LogP contribution is 2.52. The number of hydrogen-bond acceptors (Lipinski definition) is 6. The number of piperazine rings is 1. The van der Waals surface area contributed by atoms with E-state index in [9.17, 15) is 4.39 Å². The largest absolute Gasteiger partial charge is 0.367 e. The molecule has 3 rings (SSSR count). The van der Waals surface area contributed by atoms with Gasteiger partial charge < -0.3 is 9.80 Å². The zero-order valence-corrected chi connectivity index (χ0v) is 18.2. The summed E-state index contributed by atoms with van der Waals surface area (Å²) in [5.41, 5.74) is 2.96. The molecule has 1 aliphatic heterocycles. The lowest BCUT2D eigenvalue weighted by molar-refractivity contribution is 0.311. The van der Waals surface area contributed by atoms with Crippen LogP contribution in [0.15, 0.2) is 62.2 Å². The number of allylic oxidation sites excluding steroid dienone is 2. The first-order chi connectivity index (χ1) is 15.1. The molecule has 1 heterocycles. The zero-order chi connectivity index (χ0) is 22.1. The number of rotatable bonds is 10. The van der Waals surface area contributed by atoms with Crippen molar-refractivity contribution in [3.05, 3.63) is 53.6 Å². The van der Waals surface area contributed by atoms with Crippen LogP contribution < -0.4 is 4.90 Å². The maximum Gasteiger partial charge on any atom is 0.146 e. The van der Waals surface area contributed by atoms with Crippen LogP contribution in [-0.2, 0) is 0 Å². The smallest absolute Gasteiger partial charge is 0.146 e. The van der Waals surface area contributed by atoms with Crippen LogP contribution in [0.5, 0.6) is 0 Å². The second-order valence-electron chi connectivity index (χ2n) is 7.88. The van der Waals surface area contributed by atoms with Gasteiger partial charge in [0, 0.05) is 51.0 Å². The van der Waals surface area contributed by atoms with E-state index >= 15 is 0 Å². The summed E-state index contributed by atoms with van der Waals surface area (Å²) in [6.07, 6.45) is 9.68. The Labute approximate surface area is 184 Å². The van der Waals surface area contributed by atoms with Crippen molar-refractivity contribution in [1.29, 1.82) is 0 Å². The number of anilines is 1. The van der Waals surface area contributed by atoms with E-state index in [0.717, 1.165) is 43.9 Å². The molecule has 2 atom stereocenters. The van der Waals surface area contributed by atoms with E-state index in [1.165, 1.54) is 5.56 Å². The fourth-order valence-corrected chi connectivity index (χ4v) is 3.83. The molecule has 1 aromatic rings. The van der Waals surface area contributed by atoms with Crippen molar-refractivity contribution in [3.8, 4) is 0 Å². The molecule has 0 amide bonds. The van der Waals surface area contributed by atoms with Gasteiger partial charge in [-0.25, -0.2) is 4.39 Å². The van der Waals surface area contributed by atoms with Crippen molar-refractivity contribution in [2.45, 2.75) is 12.3 Å². The molecule has 0 N–H and O–H groups in total. The van der Waals surface area contributed by atoms with Crippen LogP contribution in [-0.4, -0.2) is 77.1 Å². The van der Waals surface area contributed by atoms with Gasteiger partial charge in [-0.2, -0.15) is 0 Å². The lowest BCUT2D eigenvalue weighted by Gasteiger charge is -2.34. The number of benzene rings is 1. The molecule has 0 bridgehead atoms. The Bertz CT molecular complexity index is 880. The molecule has 0 radical (unpaired) electrons. The minimum absolute atomic E-state index is 0.144. The van der Waals surface area contributed by atoms with Crippen LogP contribution in [0.3, 0.4) is 0 Å². The lowest BCUT2D eigenvalue weighted by Crippen LogP contribution is -2.44. The summed E-state index contributed by atoms with van der Waals surface area (Å²) < 4.78 is 14.5. The van der Waals surface area contributed by atoms with Crippen molar-refractivity contribution < 1.29 is 4.39 Å². The number of hydrogen-bond donors (Lipinski definition) is 0. The third-order valence-electron chi connectivity index (χ3n) is 5.68. The second-order valence-corrected chi connectivity index (χ2v) is 7.88. The molecule has 2 fully saturated rings. The predicted octanol–water partition coefficient (Wildman–Crippen LogP) is 3.62. The van der Waals surface area contributed by atoms with Gasteiger partial charge >= 0.3 is 0 Å². The number of halogens is 1. The summed E-state index contributed by atoms with van der Waals surface area (Å²) in [4.78, 5) is 20.7. The molecule has 7 heteroatoms. The van der Waals surface area contributed by atoms with E-state index in [1.54, 1.807) is 30.8 Å². The molecular formula is C24H31FN6. The fourth-order valence-electron chi connectivity index (χ4n) is 3.83. The quantitative estimate of drug-likeness (QED) is 0.427. The van der Waals surface area contributed by atoms with Crippen molar-refractivity contribution in [3.63, 3.8) is 0 Å². The van der Waals surface area contributed by atoms with Crippen LogP contribution in [0.2, 0.25) is 0 Å². The van der Waals surface area contributed by atoms with Crippen molar-refractivity contribution in [1.82, 2.24) is 4.90 Å². The Morgan fingerprint density at radius 2 is 1.90 bits per heavy atom. The van der Waals surface area contributed by atoms with E-state index in [1.807, 2.05) is 18.3 Å². The molecule has 2 aliphatic rings. The van der Waals surface area contributed by atoms with E-state index < -0.39 is 0 Å². The van der Waals surface area contributed by atoms with E-state index in [2.05, 4.69) is 50.3 Å². The topological polar surface area (TPSA) is 55.9 Å².